The fourth-order valence-corrected chi connectivity index (χ4v) is 2.19. The number of benzene rings is 1. The first-order valence-electron chi connectivity index (χ1n) is 5.92. The van der Waals surface area contributed by atoms with Gasteiger partial charge in [-0.25, -0.2) is 4.79 Å². The average Bonchev–Trinajstić information content (AvgIpc) is 2.87. The maximum Gasteiger partial charge on any atom is 0.379 e. The highest BCUT2D eigenvalue weighted by Gasteiger charge is 2.29. The van der Waals surface area contributed by atoms with Crippen LogP contribution in [0, 0.1) is 0 Å². The van der Waals surface area contributed by atoms with Crippen LogP contribution in [0.3, 0.4) is 0 Å². The molecule has 0 saturated carbocycles. The summed E-state index contributed by atoms with van der Waals surface area (Å²) in [5.41, 5.74) is 0.810. The molecule has 0 radical (unpaired) electrons. The number of carbonyl (C=O) groups is 2. The van der Waals surface area contributed by atoms with Gasteiger partial charge < -0.3 is 14.2 Å². The van der Waals surface area contributed by atoms with Crippen molar-refractivity contribution in [3.8, 4) is 11.5 Å². The Bertz CT molecular complexity index is 538. The summed E-state index contributed by atoms with van der Waals surface area (Å²) in [4.78, 5) is 23.6. The second kappa shape index (κ2) is 5.48. The van der Waals surface area contributed by atoms with Gasteiger partial charge in [0, 0.05) is 11.1 Å². The van der Waals surface area contributed by atoms with Crippen molar-refractivity contribution in [1.29, 1.82) is 0 Å². The lowest BCUT2D eigenvalue weighted by molar-refractivity contribution is -0.137. The summed E-state index contributed by atoms with van der Waals surface area (Å²) in [7, 11) is 0. The zero-order valence-electron chi connectivity index (χ0n) is 10.6. The standard InChI is InChI=1S/C13H13ClO5/c1-3-7-8(10(15)13(16)17-4-2)5-9(14)12-11(7)18-6-19-12/h5H,3-4,6H2,1-2H3. The highest BCUT2D eigenvalue weighted by atomic mass is 35.5. The summed E-state index contributed by atoms with van der Waals surface area (Å²) in [6.07, 6.45) is 0.517. The van der Waals surface area contributed by atoms with Gasteiger partial charge in [0.15, 0.2) is 11.5 Å². The van der Waals surface area contributed by atoms with Crippen LogP contribution < -0.4 is 9.47 Å². The van der Waals surface area contributed by atoms with Gasteiger partial charge in [-0.15, -0.1) is 0 Å². The topological polar surface area (TPSA) is 61.8 Å². The van der Waals surface area contributed by atoms with Crippen LogP contribution in [-0.2, 0) is 16.0 Å². The molecule has 1 aromatic carbocycles. The summed E-state index contributed by atoms with van der Waals surface area (Å²) < 4.78 is 15.3. The molecular weight excluding hydrogens is 272 g/mol. The minimum atomic E-state index is -0.896. The fraction of sp³-hybridized carbons (Fsp3) is 0.385. The quantitative estimate of drug-likeness (QED) is 0.482. The highest BCUT2D eigenvalue weighted by molar-refractivity contribution is 6.42. The number of ether oxygens (including phenoxy) is 3. The monoisotopic (exact) mass is 284 g/mol. The molecule has 0 spiro atoms. The van der Waals surface area contributed by atoms with Gasteiger partial charge in [-0.1, -0.05) is 18.5 Å². The van der Waals surface area contributed by atoms with E-state index in [0.717, 1.165) is 0 Å². The van der Waals surface area contributed by atoms with E-state index in [2.05, 4.69) is 0 Å². The Morgan fingerprint density at radius 2 is 2.00 bits per heavy atom. The predicted molar refractivity (Wildman–Crippen MR) is 67.9 cm³/mol. The number of hydrogen-bond acceptors (Lipinski definition) is 5. The molecule has 0 atom stereocenters. The number of hydrogen-bond donors (Lipinski definition) is 0. The maximum absolute atomic E-state index is 12.0. The van der Waals surface area contributed by atoms with Gasteiger partial charge in [-0.05, 0) is 19.4 Å². The smallest absolute Gasteiger partial charge is 0.379 e. The number of rotatable bonds is 4. The van der Waals surface area contributed by atoms with Crippen molar-refractivity contribution >= 4 is 23.4 Å². The minimum absolute atomic E-state index is 0.0547. The molecule has 0 bridgehead atoms. The summed E-state index contributed by atoms with van der Waals surface area (Å²) in [6.45, 7) is 3.69. The van der Waals surface area contributed by atoms with Crippen LogP contribution in [0.15, 0.2) is 6.07 Å². The molecule has 1 aliphatic heterocycles. The SMILES string of the molecule is CCOC(=O)C(=O)c1cc(Cl)c2c(c1CC)OCO2. The van der Waals surface area contributed by atoms with Gasteiger partial charge in [0.1, 0.15) is 0 Å². The largest absolute Gasteiger partial charge is 0.460 e. The first-order valence-corrected chi connectivity index (χ1v) is 6.30. The number of esters is 1. The molecule has 102 valence electrons. The molecule has 0 saturated heterocycles. The van der Waals surface area contributed by atoms with Gasteiger partial charge in [-0.3, -0.25) is 4.79 Å². The summed E-state index contributed by atoms with van der Waals surface area (Å²) >= 11 is 6.02. The van der Waals surface area contributed by atoms with Gasteiger partial charge in [0.25, 0.3) is 5.78 Å². The molecule has 0 amide bonds. The molecule has 1 aromatic rings. The normalized spacial score (nSPS) is 12.4. The Balaban J connectivity index is 2.49. The zero-order valence-corrected chi connectivity index (χ0v) is 11.4. The van der Waals surface area contributed by atoms with E-state index in [1.165, 1.54) is 6.07 Å². The number of Topliss-reactive ketones (excluding diaryl/α,β-unsaturated/α-hetero) is 1. The number of halogens is 1. The van der Waals surface area contributed by atoms with Gasteiger partial charge >= 0.3 is 5.97 Å². The van der Waals surface area contributed by atoms with Crippen molar-refractivity contribution in [3.63, 3.8) is 0 Å². The van der Waals surface area contributed by atoms with Gasteiger partial charge in [0.2, 0.25) is 6.79 Å². The van der Waals surface area contributed by atoms with Crippen molar-refractivity contribution in [1.82, 2.24) is 0 Å². The van der Waals surface area contributed by atoms with E-state index in [4.69, 9.17) is 25.8 Å². The number of fused-ring (bicyclic) bond motifs is 1. The van der Waals surface area contributed by atoms with Crippen molar-refractivity contribution in [2.24, 2.45) is 0 Å². The Morgan fingerprint density at radius 3 is 2.63 bits per heavy atom. The third-order valence-electron chi connectivity index (χ3n) is 2.76. The molecule has 19 heavy (non-hydrogen) atoms. The summed E-state index contributed by atoms with van der Waals surface area (Å²) in [5, 5.41) is 0.248. The summed E-state index contributed by atoms with van der Waals surface area (Å²) in [5.74, 6) is -0.771. The predicted octanol–water partition coefficient (Wildman–Crippen LogP) is 2.38. The van der Waals surface area contributed by atoms with Crippen LogP contribution in [0.4, 0.5) is 0 Å². The average molecular weight is 285 g/mol. The molecule has 0 fully saturated rings. The van der Waals surface area contributed by atoms with E-state index in [1.54, 1.807) is 6.92 Å². The van der Waals surface area contributed by atoms with Crippen molar-refractivity contribution in [3.05, 3.63) is 22.2 Å². The highest BCUT2D eigenvalue weighted by Crippen LogP contribution is 2.43. The van der Waals surface area contributed by atoms with Crippen molar-refractivity contribution in [2.75, 3.05) is 13.4 Å². The third kappa shape index (κ3) is 2.38. The molecule has 0 unspecified atom stereocenters. The third-order valence-corrected chi connectivity index (χ3v) is 3.04. The first-order chi connectivity index (χ1) is 9.10. The second-order valence-electron chi connectivity index (χ2n) is 3.85. The molecule has 1 aliphatic rings. The molecule has 1 heterocycles. The van der Waals surface area contributed by atoms with E-state index >= 15 is 0 Å². The van der Waals surface area contributed by atoms with Crippen LogP contribution in [0.1, 0.15) is 29.8 Å². The Labute approximate surface area is 115 Å². The van der Waals surface area contributed by atoms with E-state index < -0.39 is 11.8 Å². The van der Waals surface area contributed by atoms with Crippen molar-refractivity contribution in [2.45, 2.75) is 20.3 Å². The van der Waals surface area contributed by atoms with E-state index in [0.29, 0.717) is 23.5 Å². The molecule has 0 aromatic heterocycles. The molecular formula is C13H13ClO5. The lowest BCUT2D eigenvalue weighted by Crippen LogP contribution is -2.19. The molecule has 6 heteroatoms. The molecule has 2 rings (SSSR count). The van der Waals surface area contributed by atoms with E-state index in [-0.39, 0.29) is 24.0 Å². The lowest BCUT2D eigenvalue weighted by Gasteiger charge is -2.10. The van der Waals surface area contributed by atoms with Crippen molar-refractivity contribution < 1.29 is 23.8 Å². The second-order valence-corrected chi connectivity index (χ2v) is 4.26. The van der Waals surface area contributed by atoms with Crippen LogP contribution in [-0.4, -0.2) is 25.2 Å². The summed E-state index contributed by atoms with van der Waals surface area (Å²) in [6, 6.07) is 1.42. The molecule has 5 nitrogen and oxygen atoms in total. The maximum atomic E-state index is 12.0. The minimum Gasteiger partial charge on any atom is -0.460 e. The molecule has 0 aliphatic carbocycles. The number of carbonyl (C=O) groups excluding carboxylic acids is 2. The fourth-order valence-electron chi connectivity index (χ4n) is 1.94. The zero-order chi connectivity index (χ0) is 14.0. The number of ketones is 1. The van der Waals surface area contributed by atoms with Gasteiger partial charge in [-0.2, -0.15) is 0 Å². The van der Waals surface area contributed by atoms with Crippen LogP contribution in [0.25, 0.3) is 0 Å². The van der Waals surface area contributed by atoms with Crippen LogP contribution in [0.2, 0.25) is 5.02 Å². The van der Waals surface area contributed by atoms with E-state index in [1.807, 2.05) is 6.92 Å². The van der Waals surface area contributed by atoms with E-state index in [9.17, 15) is 9.59 Å². The van der Waals surface area contributed by atoms with Crippen LogP contribution >= 0.6 is 11.6 Å². The first kappa shape index (κ1) is 13.7. The Hall–Kier alpha value is -1.75. The van der Waals surface area contributed by atoms with Crippen LogP contribution in [0.5, 0.6) is 11.5 Å². The Kier molecular flexibility index (Phi) is 3.95. The Morgan fingerprint density at radius 1 is 1.32 bits per heavy atom. The van der Waals surface area contributed by atoms with Gasteiger partial charge in [0.05, 0.1) is 11.6 Å². The molecule has 0 N–H and O–H groups in total. The lowest BCUT2D eigenvalue weighted by atomic mass is 9.99.